The van der Waals surface area contributed by atoms with Crippen molar-refractivity contribution in [1.82, 2.24) is 5.32 Å². The summed E-state index contributed by atoms with van der Waals surface area (Å²) in [4.78, 5) is 16.7. The Morgan fingerprint density at radius 1 is 1.05 bits per heavy atom. The minimum absolute atomic E-state index is 0.147. The molecule has 0 aliphatic carbocycles. The SMILES string of the molecule is CNC1N=C(c2ccccc2)c2ccccc2NC1=O. The largest absolute Gasteiger partial charge is 0.322 e. The molecule has 0 saturated carbocycles. The van der Waals surface area contributed by atoms with Crippen molar-refractivity contribution in [3.05, 3.63) is 65.7 Å². The van der Waals surface area contributed by atoms with E-state index >= 15 is 0 Å². The molecule has 0 saturated heterocycles. The van der Waals surface area contributed by atoms with Crippen LogP contribution >= 0.6 is 0 Å². The topological polar surface area (TPSA) is 53.5 Å². The molecule has 1 amide bonds. The summed E-state index contributed by atoms with van der Waals surface area (Å²) in [6.45, 7) is 0. The number of amides is 1. The van der Waals surface area contributed by atoms with E-state index in [4.69, 9.17) is 0 Å². The zero-order valence-corrected chi connectivity index (χ0v) is 11.1. The van der Waals surface area contributed by atoms with Gasteiger partial charge in [0.2, 0.25) is 0 Å². The first kappa shape index (κ1) is 12.6. The van der Waals surface area contributed by atoms with E-state index < -0.39 is 6.17 Å². The van der Waals surface area contributed by atoms with E-state index in [1.807, 2.05) is 54.6 Å². The minimum atomic E-state index is -0.586. The van der Waals surface area contributed by atoms with Crippen LogP contribution in [0.5, 0.6) is 0 Å². The van der Waals surface area contributed by atoms with E-state index in [1.165, 1.54) is 0 Å². The van der Waals surface area contributed by atoms with Gasteiger partial charge in [0.05, 0.1) is 11.4 Å². The number of carbonyl (C=O) groups excluding carboxylic acids is 1. The Kier molecular flexibility index (Phi) is 3.31. The standard InChI is InChI=1S/C16H15N3O/c1-17-15-16(20)18-13-10-6-5-9-12(13)14(19-15)11-7-3-2-4-8-11/h2-10,15,17H,1H3,(H,18,20). The molecule has 0 spiro atoms. The maximum Gasteiger partial charge on any atom is 0.263 e. The van der Waals surface area contributed by atoms with Gasteiger partial charge in [-0.15, -0.1) is 0 Å². The molecule has 3 rings (SSSR count). The van der Waals surface area contributed by atoms with Gasteiger partial charge in [-0.1, -0.05) is 48.5 Å². The lowest BCUT2D eigenvalue weighted by molar-refractivity contribution is -0.117. The van der Waals surface area contributed by atoms with E-state index in [0.29, 0.717) is 0 Å². The normalized spacial score (nSPS) is 17.8. The number of rotatable bonds is 2. The van der Waals surface area contributed by atoms with Crippen molar-refractivity contribution >= 4 is 17.3 Å². The molecular formula is C16H15N3O. The number of likely N-dealkylation sites (N-methyl/N-ethyl adjacent to an activating group) is 1. The van der Waals surface area contributed by atoms with Crippen LogP contribution in [0.2, 0.25) is 0 Å². The Morgan fingerprint density at radius 3 is 2.50 bits per heavy atom. The van der Waals surface area contributed by atoms with Crippen molar-refractivity contribution < 1.29 is 4.79 Å². The second-order valence-corrected chi connectivity index (χ2v) is 4.57. The van der Waals surface area contributed by atoms with Crippen LogP contribution < -0.4 is 10.6 Å². The zero-order chi connectivity index (χ0) is 13.9. The van der Waals surface area contributed by atoms with Crippen molar-refractivity contribution in [3.63, 3.8) is 0 Å². The summed E-state index contributed by atoms with van der Waals surface area (Å²) < 4.78 is 0. The highest BCUT2D eigenvalue weighted by Gasteiger charge is 2.23. The molecular weight excluding hydrogens is 250 g/mol. The van der Waals surface area contributed by atoms with Gasteiger partial charge >= 0.3 is 0 Å². The third-order valence-corrected chi connectivity index (χ3v) is 3.27. The molecule has 0 bridgehead atoms. The predicted molar refractivity (Wildman–Crippen MR) is 80.0 cm³/mol. The first-order chi connectivity index (χ1) is 9.79. The van der Waals surface area contributed by atoms with Crippen molar-refractivity contribution in [3.8, 4) is 0 Å². The first-order valence-corrected chi connectivity index (χ1v) is 6.50. The molecule has 2 N–H and O–H groups in total. The monoisotopic (exact) mass is 265 g/mol. The van der Waals surface area contributed by atoms with E-state index in [0.717, 1.165) is 22.5 Å². The van der Waals surface area contributed by atoms with Gasteiger partial charge in [0.1, 0.15) is 0 Å². The number of benzene rings is 2. The molecule has 2 aromatic rings. The van der Waals surface area contributed by atoms with Gasteiger partial charge in [0.25, 0.3) is 5.91 Å². The third-order valence-electron chi connectivity index (χ3n) is 3.27. The van der Waals surface area contributed by atoms with Gasteiger partial charge in [-0.25, -0.2) is 0 Å². The molecule has 4 nitrogen and oxygen atoms in total. The molecule has 1 aliphatic heterocycles. The lowest BCUT2D eigenvalue weighted by Crippen LogP contribution is -2.36. The van der Waals surface area contributed by atoms with Crippen LogP contribution in [0.1, 0.15) is 11.1 Å². The van der Waals surface area contributed by atoms with Crippen molar-refractivity contribution in [1.29, 1.82) is 0 Å². The summed E-state index contributed by atoms with van der Waals surface area (Å²) >= 11 is 0. The van der Waals surface area contributed by atoms with Gasteiger partial charge in [0.15, 0.2) is 6.17 Å². The number of hydrogen-bond acceptors (Lipinski definition) is 3. The molecule has 2 aromatic carbocycles. The van der Waals surface area contributed by atoms with Crippen LogP contribution in [-0.2, 0) is 4.79 Å². The summed E-state index contributed by atoms with van der Waals surface area (Å²) in [5, 5.41) is 5.84. The van der Waals surface area contributed by atoms with Gasteiger partial charge in [0, 0.05) is 11.1 Å². The number of anilines is 1. The van der Waals surface area contributed by atoms with Crippen LogP contribution in [0, 0.1) is 0 Å². The molecule has 4 heteroatoms. The average molecular weight is 265 g/mol. The molecule has 0 aromatic heterocycles. The number of carbonyl (C=O) groups is 1. The maximum atomic E-state index is 12.1. The molecule has 1 aliphatic rings. The van der Waals surface area contributed by atoms with E-state index in [1.54, 1.807) is 7.05 Å². The van der Waals surface area contributed by atoms with E-state index in [2.05, 4.69) is 15.6 Å². The van der Waals surface area contributed by atoms with Crippen LogP contribution in [-0.4, -0.2) is 24.8 Å². The number of nitrogens with one attached hydrogen (secondary N) is 2. The van der Waals surface area contributed by atoms with Gasteiger partial charge in [-0.05, 0) is 13.1 Å². The summed E-state index contributed by atoms with van der Waals surface area (Å²) in [7, 11) is 1.73. The first-order valence-electron chi connectivity index (χ1n) is 6.50. The number of benzodiazepines with no additional fused rings is 1. The molecule has 1 atom stereocenters. The maximum absolute atomic E-state index is 12.1. The summed E-state index contributed by atoms with van der Waals surface area (Å²) in [5.74, 6) is -0.147. The molecule has 1 unspecified atom stereocenters. The third kappa shape index (κ3) is 2.21. The fourth-order valence-electron chi connectivity index (χ4n) is 2.28. The van der Waals surface area contributed by atoms with Crippen molar-refractivity contribution in [2.45, 2.75) is 6.17 Å². The zero-order valence-electron chi connectivity index (χ0n) is 11.1. The van der Waals surface area contributed by atoms with Crippen LogP contribution in [0.4, 0.5) is 5.69 Å². The highest BCUT2D eigenvalue weighted by atomic mass is 16.2. The number of hydrogen-bond donors (Lipinski definition) is 2. The fraction of sp³-hybridized carbons (Fsp3) is 0.125. The summed E-state index contributed by atoms with van der Waals surface area (Å²) in [6, 6.07) is 17.6. The van der Waals surface area contributed by atoms with Crippen LogP contribution in [0.15, 0.2) is 59.6 Å². The molecule has 0 fully saturated rings. The Labute approximate surface area is 117 Å². The fourth-order valence-corrected chi connectivity index (χ4v) is 2.28. The number of para-hydroxylation sites is 1. The van der Waals surface area contributed by atoms with Gasteiger partial charge in [-0.3, -0.25) is 15.1 Å². The smallest absolute Gasteiger partial charge is 0.263 e. The van der Waals surface area contributed by atoms with Gasteiger partial charge < -0.3 is 5.32 Å². The average Bonchev–Trinajstić information content (AvgIpc) is 2.64. The molecule has 0 radical (unpaired) electrons. The number of aliphatic imine (C=N–C) groups is 1. The Bertz CT molecular complexity index is 664. The predicted octanol–water partition coefficient (Wildman–Crippen LogP) is 2.02. The Balaban J connectivity index is 2.20. The van der Waals surface area contributed by atoms with Crippen LogP contribution in [0.3, 0.4) is 0 Å². The summed E-state index contributed by atoms with van der Waals surface area (Å²) in [5.41, 5.74) is 3.54. The Hall–Kier alpha value is -2.46. The molecule has 20 heavy (non-hydrogen) atoms. The second-order valence-electron chi connectivity index (χ2n) is 4.57. The second kappa shape index (κ2) is 5.27. The molecule has 100 valence electrons. The quantitative estimate of drug-likeness (QED) is 0.873. The number of fused-ring (bicyclic) bond motifs is 1. The lowest BCUT2D eigenvalue weighted by atomic mass is 10.0. The molecule has 1 heterocycles. The van der Waals surface area contributed by atoms with E-state index in [9.17, 15) is 4.79 Å². The number of nitrogens with zero attached hydrogens (tertiary/aromatic N) is 1. The minimum Gasteiger partial charge on any atom is -0.322 e. The highest BCUT2D eigenvalue weighted by Crippen LogP contribution is 2.23. The lowest BCUT2D eigenvalue weighted by Gasteiger charge is -2.09. The van der Waals surface area contributed by atoms with Gasteiger partial charge in [-0.2, -0.15) is 0 Å². The highest BCUT2D eigenvalue weighted by molar-refractivity contribution is 6.19. The van der Waals surface area contributed by atoms with Crippen molar-refractivity contribution in [2.75, 3.05) is 12.4 Å². The van der Waals surface area contributed by atoms with Crippen molar-refractivity contribution in [2.24, 2.45) is 4.99 Å². The summed E-state index contributed by atoms with van der Waals surface area (Å²) in [6.07, 6.45) is -0.586. The van der Waals surface area contributed by atoms with Crippen LogP contribution in [0.25, 0.3) is 0 Å². The van der Waals surface area contributed by atoms with E-state index in [-0.39, 0.29) is 5.91 Å². The Morgan fingerprint density at radius 2 is 1.75 bits per heavy atom.